The van der Waals surface area contributed by atoms with Gasteiger partial charge in [-0.2, -0.15) is 4.31 Å². The summed E-state index contributed by atoms with van der Waals surface area (Å²) in [5, 5.41) is 2.92. The summed E-state index contributed by atoms with van der Waals surface area (Å²) >= 11 is 0. The fourth-order valence-corrected chi connectivity index (χ4v) is 5.95. The molecule has 1 amide bonds. The number of benzene rings is 2. The van der Waals surface area contributed by atoms with Gasteiger partial charge in [0.15, 0.2) is 0 Å². The number of fused-ring (bicyclic) bond motifs is 1. The molecule has 2 aromatic rings. The lowest BCUT2D eigenvalue weighted by molar-refractivity contribution is -0.126. The van der Waals surface area contributed by atoms with E-state index in [-0.39, 0.29) is 50.4 Å². The van der Waals surface area contributed by atoms with Crippen molar-refractivity contribution < 1.29 is 31.5 Å². The molecule has 0 radical (unpaired) electrons. The van der Waals surface area contributed by atoms with Crippen molar-refractivity contribution in [1.29, 1.82) is 0 Å². The molecular formula is C24H28F2N2O5S. The fraction of sp³-hybridized carbons (Fsp3) is 0.458. The van der Waals surface area contributed by atoms with Crippen molar-refractivity contribution in [2.75, 3.05) is 19.7 Å². The number of hydrogen-bond donors (Lipinski definition) is 1. The van der Waals surface area contributed by atoms with Crippen molar-refractivity contribution in [3.63, 3.8) is 0 Å². The Morgan fingerprint density at radius 1 is 1.21 bits per heavy atom. The number of nitrogens with one attached hydrogen (secondary N) is 1. The summed E-state index contributed by atoms with van der Waals surface area (Å²) in [6, 6.07) is 6.20. The molecule has 0 saturated carbocycles. The summed E-state index contributed by atoms with van der Waals surface area (Å²) in [5.74, 6) is -0.900. The highest BCUT2D eigenvalue weighted by atomic mass is 32.2. The number of nitrogens with zero attached hydrogens (tertiary/aromatic N) is 1. The van der Waals surface area contributed by atoms with Gasteiger partial charge in [0.1, 0.15) is 34.1 Å². The summed E-state index contributed by atoms with van der Waals surface area (Å²) < 4.78 is 65.7. The smallest absolute Gasteiger partial charge is 0.246 e. The van der Waals surface area contributed by atoms with Crippen LogP contribution < -0.4 is 14.8 Å². The second-order valence-corrected chi connectivity index (χ2v) is 10.5. The van der Waals surface area contributed by atoms with Gasteiger partial charge in [0, 0.05) is 43.1 Å². The number of halogens is 2. The molecule has 7 nitrogen and oxygen atoms in total. The van der Waals surface area contributed by atoms with E-state index in [1.54, 1.807) is 0 Å². The molecule has 1 N–H and O–H groups in total. The van der Waals surface area contributed by atoms with Crippen LogP contribution >= 0.6 is 0 Å². The summed E-state index contributed by atoms with van der Waals surface area (Å²) in [6.45, 7) is 4.74. The van der Waals surface area contributed by atoms with Crippen LogP contribution in [-0.2, 0) is 27.8 Å². The molecule has 1 atom stereocenters. The van der Waals surface area contributed by atoms with Gasteiger partial charge in [-0.3, -0.25) is 4.79 Å². The monoisotopic (exact) mass is 494 g/mol. The molecule has 2 aliphatic rings. The highest BCUT2D eigenvalue weighted by molar-refractivity contribution is 7.89. The standard InChI is InChI=1S/C24H28F2N2O5S/c1-3-32-21-11-17-10-15(2)33-22(17)12-18(21)14-27-24(29)16-6-8-28(9-7-16)34(30,31)23-13-19(25)4-5-20(23)26/h4-5,11-13,15-16H,3,6-10,14H2,1-2H3,(H,27,29)/t15-/m1/s1. The highest BCUT2D eigenvalue weighted by Crippen LogP contribution is 2.35. The van der Waals surface area contributed by atoms with Crippen LogP contribution in [0.25, 0.3) is 0 Å². The third-order valence-electron chi connectivity index (χ3n) is 6.17. The molecule has 0 unspecified atom stereocenters. The Balaban J connectivity index is 1.37. The molecule has 0 spiro atoms. The number of piperidine rings is 1. The van der Waals surface area contributed by atoms with Crippen LogP contribution in [0.1, 0.15) is 37.8 Å². The van der Waals surface area contributed by atoms with Gasteiger partial charge >= 0.3 is 0 Å². The lowest BCUT2D eigenvalue weighted by atomic mass is 9.97. The minimum absolute atomic E-state index is 0.0468. The minimum atomic E-state index is -4.19. The molecule has 2 aromatic carbocycles. The van der Waals surface area contributed by atoms with E-state index in [0.717, 1.165) is 39.7 Å². The van der Waals surface area contributed by atoms with Gasteiger partial charge in [0.25, 0.3) is 0 Å². The number of rotatable bonds is 7. The van der Waals surface area contributed by atoms with E-state index in [9.17, 15) is 22.0 Å². The predicted molar refractivity (Wildman–Crippen MR) is 121 cm³/mol. The fourth-order valence-electron chi connectivity index (χ4n) is 4.41. The van der Waals surface area contributed by atoms with E-state index in [1.165, 1.54) is 0 Å². The molecule has 2 heterocycles. The number of hydrogen-bond acceptors (Lipinski definition) is 5. The normalized spacial score (nSPS) is 18.9. The Morgan fingerprint density at radius 2 is 1.94 bits per heavy atom. The first-order chi connectivity index (χ1) is 16.2. The Hall–Kier alpha value is -2.72. The van der Waals surface area contributed by atoms with Gasteiger partial charge in [0.2, 0.25) is 15.9 Å². The zero-order valence-corrected chi connectivity index (χ0v) is 20.0. The topological polar surface area (TPSA) is 84.9 Å². The number of carbonyl (C=O) groups excluding carboxylic acids is 1. The number of amides is 1. The van der Waals surface area contributed by atoms with E-state index in [0.29, 0.717) is 18.4 Å². The van der Waals surface area contributed by atoms with Crippen LogP contribution in [0.3, 0.4) is 0 Å². The second-order valence-electron chi connectivity index (χ2n) is 8.60. The van der Waals surface area contributed by atoms with Gasteiger partial charge in [0.05, 0.1) is 6.61 Å². The lowest BCUT2D eigenvalue weighted by Crippen LogP contribution is -2.43. The Kier molecular flexibility index (Phi) is 7.09. The second kappa shape index (κ2) is 9.87. The average Bonchev–Trinajstić information content (AvgIpc) is 3.17. The molecule has 34 heavy (non-hydrogen) atoms. The maximum Gasteiger partial charge on any atom is 0.246 e. The summed E-state index contributed by atoms with van der Waals surface area (Å²) in [7, 11) is -4.19. The van der Waals surface area contributed by atoms with Crippen LogP contribution in [-0.4, -0.2) is 44.4 Å². The highest BCUT2D eigenvalue weighted by Gasteiger charge is 2.34. The quantitative estimate of drug-likeness (QED) is 0.638. The first-order valence-corrected chi connectivity index (χ1v) is 12.8. The zero-order chi connectivity index (χ0) is 24.5. The van der Waals surface area contributed by atoms with Gasteiger partial charge in [-0.05, 0) is 57.0 Å². The first kappa shape index (κ1) is 24.4. The van der Waals surface area contributed by atoms with Gasteiger partial charge < -0.3 is 14.8 Å². The number of carbonyl (C=O) groups is 1. The van der Waals surface area contributed by atoms with E-state index >= 15 is 0 Å². The molecular weight excluding hydrogens is 466 g/mol. The van der Waals surface area contributed by atoms with E-state index in [2.05, 4.69) is 5.32 Å². The van der Waals surface area contributed by atoms with Gasteiger partial charge in [-0.15, -0.1) is 0 Å². The Morgan fingerprint density at radius 3 is 2.65 bits per heavy atom. The molecule has 0 aliphatic carbocycles. The van der Waals surface area contributed by atoms with Crippen LogP contribution in [0.4, 0.5) is 8.78 Å². The molecule has 2 aliphatic heterocycles. The van der Waals surface area contributed by atoms with Crippen LogP contribution in [0.5, 0.6) is 11.5 Å². The van der Waals surface area contributed by atoms with E-state index < -0.39 is 26.6 Å². The third-order valence-corrected chi connectivity index (χ3v) is 8.08. The molecule has 184 valence electrons. The Bertz CT molecular complexity index is 1180. The van der Waals surface area contributed by atoms with Crippen molar-refractivity contribution in [2.24, 2.45) is 5.92 Å². The summed E-state index contributed by atoms with van der Waals surface area (Å²) in [5.41, 5.74) is 1.89. The van der Waals surface area contributed by atoms with Gasteiger partial charge in [-0.25, -0.2) is 17.2 Å². The Labute approximate surface area is 198 Å². The van der Waals surface area contributed by atoms with Crippen molar-refractivity contribution in [2.45, 2.75) is 50.7 Å². The molecule has 1 fully saturated rings. The maximum absolute atomic E-state index is 14.0. The van der Waals surface area contributed by atoms with Crippen molar-refractivity contribution in [1.82, 2.24) is 9.62 Å². The van der Waals surface area contributed by atoms with E-state index in [4.69, 9.17) is 9.47 Å². The lowest BCUT2D eigenvalue weighted by Gasteiger charge is -2.30. The third kappa shape index (κ3) is 5.02. The molecule has 4 rings (SSSR count). The van der Waals surface area contributed by atoms with Crippen molar-refractivity contribution in [3.05, 3.63) is 53.1 Å². The maximum atomic E-state index is 14.0. The molecule has 0 bridgehead atoms. The predicted octanol–water partition coefficient (Wildman–Crippen LogP) is 3.40. The minimum Gasteiger partial charge on any atom is -0.494 e. The SMILES string of the molecule is CCOc1cc2c(cc1CNC(=O)C1CCN(S(=O)(=O)c3cc(F)ccc3F)CC1)O[C@H](C)C2. The first-order valence-electron chi connectivity index (χ1n) is 11.4. The molecule has 10 heteroatoms. The van der Waals surface area contributed by atoms with Crippen LogP contribution in [0.15, 0.2) is 35.2 Å². The largest absolute Gasteiger partial charge is 0.494 e. The van der Waals surface area contributed by atoms with Crippen molar-refractivity contribution >= 4 is 15.9 Å². The summed E-state index contributed by atoms with van der Waals surface area (Å²) in [4.78, 5) is 12.1. The summed E-state index contributed by atoms with van der Waals surface area (Å²) in [6.07, 6.45) is 1.47. The van der Waals surface area contributed by atoms with Crippen molar-refractivity contribution in [3.8, 4) is 11.5 Å². The molecule has 0 aromatic heterocycles. The molecule has 1 saturated heterocycles. The van der Waals surface area contributed by atoms with Crippen LogP contribution in [0.2, 0.25) is 0 Å². The van der Waals surface area contributed by atoms with E-state index in [1.807, 2.05) is 26.0 Å². The van der Waals surface area contributed by atoms with Crippen LogP contribution in [0, 0.1) is 17.6 Å². The number of ether oxygens (including phenoxy) is 2. The van der Waals surface area contributed by atoms with Gasteiger partial charge in [-0.1, -0.05) is 0 Å². The zero-order valence-electron chi connectivity index (χ0n) is 19.1. The number of sulfonamides is 1. The average molecular weight is 495 g/mol.